The third-order valence-corrected chi connectivity index (χ3v) is 4.23. The summed E-state index contributed by atoms with van der Waals surface area (Å²) in [6, 6.07) is 3.36. The highest BCUT2D eigenvalue weighted by molar-refractivity contribution is 7.89. The molecule has 0 aromatic heterocycles. The van der Waals surface area contributed by atoms with Crippen LogP contribution in [0.15, 0.2) is 28.6 Å². The number of hydrogen-bond acceptors (Lipinski definition) is 3. The Balaban J connectivity index is 3.20. The lowest BCUT2D eigenvalue weighted by atomic mass is 10.1. The zero-order chi connectivity index (χ0) is 13.9. The van der Waals surface area contributed by atoms with E-state index in [9.17, 15) is 8.42 Å². The van der Waals surface area contributed by atoms with Gasteiger partial charge in [-0.2, -0.15) is 0 Å². The second-order valence-corrected chi connectivity index (χ2v) is 6.17. The molecule has 1 aromatic rings. The molecular formula is C12H16ClNO3S. The van der Waals surface area contributed by atoms with Crippen molar-refractivity contribution in [3.8, 4) is 5.75 Å². The summed E-state index contributed by atoms with van der Waals surface area (Å²) in [6.45, 7) is 6.89. The highest BCUT2D eigenvalue weighted by atomic mass is 35.5. The topological polar surface area (TPSA) is 55.4 Å². The van der Waals surface area contributed by atoms with Crippen molar-refractivity contribution in [3.05, 3.63) is 34.9 Å². The Bertz CT molecular complexity index is 544. The maximum absolute atomic E-state index is 12.1. The highest BCUT2D eigenvalue weighted by Gasteiger charge is 2.20. The molecule has 0 radical (unpaired) electrons. The van der Waals surface area contributed by atoms with Crippen LogP contribution in [0.5, 0.6) is 5.75 Å². The molecule has 6 heteroatoms. The number of ether oxygens (including phenoxy) is 1. The third kappa shape index (κ3) is 3.48. The van der Waals surface area contributed by atoms with Crippen molar-refractivity contribution < 1.29 is 13.2 Å². The Morgan fingerprint density at radius 1 is 1.39 bits per heavy atom. The molecule has 0 unspecified atom stereocenters. The predicted molar refractivity (Wildman–Crippen MR) is 72.6 cm³/mol. The summed E-state index contributed by atoms with van der Waals surface area (Å²) in [7, 11) is -2.05. The van der Waals surface area contributed by atoms with Gasteiger partial charge in [0.05, 0.1) is 12.0 Å². The van der Waals surface area contributed by atoms with Crippen LogP contribution in [0.4, 0.5) is 0 Å². The minimum absolute atomic E-state index is 0.00873. The summed E-state index contributed by atoms with van der Waals surface area (Å²) in [6.07, 6.45) is 0. The Morgan fingerprint density at radius 3 is 2.28 bits per heavy atom. The quantitative estimate of drug-likeness (QED) is 0.905. The molecule has 0 bridgehead atoms. The van der Waals surface area contributed by atoms with E-state index in [0.717, 1.165) is 0 Å². The molecule has 18 heavy (non-hydrogen) atoms. The van der Waals surface area contributed by atoms with E-state index in [1.165, 1.54) is 7.11 Å². The molecule has 0 amide bonds. The Kier molecular flexibility index (Phi) is 4.78. The monoisotopic (exact) mass is 289 g/mol. The summed E-state index contributed by atoms with van der Waals surface area (Å²) in [5.74, 6) is 0.630. The number of halogens is 1. The second kappa shape index (κ2) is 5.73. The molecule has 1 rings (SSSR count). The minimum atomic E-state index is -3.59. The largest absolute Gasteiger partial charge is 0.497 e. The van der Waals surface area contributed by atoms with E-state index in [1.54, 1.807) is 26.0 Å². The van der Waals surface area contributed by atoms with Crippen LogP contribution >= 0.6 is 11.6 Å². The maximum Gasteiger partial charge on any atom is 0.241 e. The molecule has 0 spiro atoms. The van der Waals surface area contributed by atoms with Crippen molar-refractivity contribution in [2.75, 3.05) is 13.7 Å². The SMILES string of the molecule is C=C(Cl)CNS(=O)(=O)c1c(C)cc(OC)cc1C. The van der Waals surface area contributed by atoms with E-state index in [0.29, 0.717) is 16.9 Å². The van der Waals surface area contributed by atoms with Gasteiger partial charge in [-0.15, -0.1) is 0 Å². The van der Waals surface area contributed by atoms with E-state index in [1.807, 2.05) is 0 Å². The van der Waals surface area contributed by atoms with Gasteiger partial charge in [0.2, 0.25) is 10.0 Å². The van der Waals surface area contributed by atoms with Gasteiger partial charge in [0.25, 0.3) is 0 Å². The lowest BCUT2D eigenvalue weighted by Gasteiger charge is -2.13. The normalized spacial score (nSPS) is 11.3. The molecule has 4 nitrogen and oxygen atoms in total. The van der Waals surface area contributed by atoms with Crippen LogP contribution in [-0.4, -0.2) is 22.1 Å². The molecule has 0 aliphatic carbocycles. The number of nitrogens with one attached hydrogen (secondary N) is 1. The summed E-state index contributed by atoms with van der Waals surface area (Å²) in [5.41, 5.74) is 1.25. The van der Waals surface area contributed by atoms with Crippen LogP contribution in [0.25, 0.3) is 0 Å². The summed E-state index contributed by atoms with van der Waals surface area (Å²) >= 11 is 5.56. The fourth-order valence-electron chi connectivity index (χ4n) is 1.70. The molecule has 1 aromatic carbocycles. The smallest absolute Gasteiger partial charge is 0.241 e. The van der Waals surface area contributed by atoms with Gasteiger partial charge in [-0.3, -0.25) is 0 Å². The molecule has 1 N–H and O–H groups in total. The first kappa shape index (κ1) is 15.0. The number of hydrogen-bond donors (Lipinski definition) is 1. The number of aryl methyl sites for hydroxylation is 2. The van der Waals surface area contributed by atoms with Gasteiger partial charge in [-0.1, -0.05) is 18.2 Å². The van der Waals surface area contributed by atoms with Gasteiger partial charge in [0.15, 0.2) is 0 Å². The fourth-order valence-corrected chi connectivity index (χ4v) is 3.32. The molecule has 0 aliphatic heterocycles. The molecule has 0 aliphatic rings. The maximum atomic E-state index is 12.1. The lowest BCUT2D eigenvalue weighted by molar-refractivity contribution is 0.413. The third-order valence-electron chi connectivity index (χ3n) is 2.39. The van der Waals surface area contributed by atoms with Gasteiger partial charge < -0.3 is 4.74 Å². The summed E-state index contributed by atoms with van der Waals surface area (Å²) < 4.78 is 31.7. The molecule has 0 heterocycles. The van der Waals surface area contributed by atoms with Gasteiger partial charge in [-0.05, 0) is 37.1 Å². The summed E-state index contributed by atoms with van der Waals surface area (Å²) in [5, 5.41) is 0.238. The van der Waals surface area contributed by atoms with Crippen LogP contribution < -0.4 is 9.46 Å². The molecular weight excluding hydrogens is 274 g/mol. The molecule has 0 saturated heterocycles. The zero-order valence-corrected chi connectivity index (χ0v) is 12.2. The molecule has 0 fully saturated rings. The second-order valence-electron chi connectivity index (χ2n) is 3.93. The van der Waals surface area contributed by atoms with Crippen LogP contribution in [0.2, 0.25) is 0 Å². The van der Waals surface area contributed by atoms with Crippen molar-refractivity contribution in [1.82, 2.24) is 4.72 Å². The Morgan fingerprint density at radius 2 is 1.89 bits per heavy atom. The van der Waals surface area contributed by atoms with Gasteiger partial charge in [0, 0.05) is 11.6 Å². The van der Waals surface area contributed by atoms with Gasteiger partial charge in [-0.25, -0.2) is 13.1 Å². The van der Waals surface area contributed by atoms with Crippen LogP contribution in [0.1, 0.15) is 11.1 Å². The molecule has 100 valence electrons. The lowest BCUT2D eigenvalue weighted by Crippen LogP contribution is -2.26. The fraction of sp³-hybridized carbons (Fsp3) is 0.333. The Hall–Kier alpha value is -1.04. The van der Waals surface area contributed by atoms with E-state index in [2.05, 4.69) is 11.3 Å². The van der Waals surface area contributed by atoms with Crippen LogP contribution in [0.3, 0.4) is 0 Å². The predicted octanol–water partition coefficient (Wildman–Crippen LogP) is 2.34. The van der Waals surface area contributed by atoms with Crippen molar-refractivity contribution in [1.29, 1.82) is 0 Å². The number of rotatable bonds is 5. The summed E-state index contributed by atoms with van der Waals surface area (Å²) in [4.78, 5) is 0.251. The number of benzene rings is 1. The average molecular weight is 290 g/mol. The van der Waals surface area contributed by atoms with E-state index in [4.69, 9.17) is 16.3 Å². The van der Waals surface area contributed by atoms with Crippen molar-refractivity contribution >= 4 is 21.6 Å². The van der Waals surface area contributed by atoms with Gasteiger partial charge in [0.1, 0.15) is 5.75 Å². The first-order valence-electron chi connectivity index (χ1n) is 5.26. The van der Waals surface area contributed by atoms with Crippen molar-refractivity contribution in [2.45, 2.75) is 18.7 Å². The van der Waals surface area contributed by atoms with Crippen molar-refractivity contribution in [2.24, 2.45) is 0 Å². The molecule has 0 atom stereocenters. The average Bonchev–Trinajstić information content (AvgIpc) is 2.25. The molecule has 0 saturated carbocycles. The van der Waals surface area contributed by atoms with Crippen LogP contribution in [0, 0.1) is 13.8 Å². The van der Waals surface area contributed by atoms with Gasteiger partial charge >= 0.3 is 0 Å². The number of sulfonamides is 1. The van der Waals surface area contributed by atoms with E-state index >= 15 is 0 Å². The minimum Gasteiger partial charge on any atom is -0.497 e. The first-order valence-corrected chi connectivity index (χ1v) is 7.12. The number of methoxy groups -OCH3 is 1. The van der Waals surface area contributed by atoms with E-state index < -0.39 is 10.0 Å². The standard InChI is InChI=1S/C12H16ClNO3S/c1-8-5-11(17-4)6-9(2)12(8)18(15,16)14-7-10(3)13/h5-6,14H,3,7H2,1-2,4H3. The highest BCUT2D eigenvalue weighted by Crippen LogP contribution is 2.25. The zero-order valence-electron chi connectivity index (χ0n) is 10.6. The van der Waals surface area contributed by atoms with Crippen molar-refractivity contribution in [3.63, 3.8) is 0 Å². The van der Waals surface area contributed by atoms with Crippen LogP contribution in [-0.2, 0) is 10.0 Å². The van der Waals surface area contributed by atoms with E-state index in [-0.39, 0.29) is 16.5 Å². The Labute approximate surface area is 113 Å². The first-order chi connectivity index (χ1) is 8.27.